The van der Waals surface area contributed by atoms with Gasteiger partial charge in [0.05, 0.1) is 18.1 Å². The first-order valence-corrected chi connectivity index (χ1v) is 7.45. The minimum Gasteiger partial charge on any atom is -0.384 e. The van der Waals surface area contributed by atoms with E-state index in [1.54, 1.807) is 24.9 Å². The van der Waals surface area contributed by atoms with Crippen molar-refractivity contribution in [3.05, 3.63) is 46.3 Å². The molecule has 2 aromatic rings. The Hall–Kier alpha value is -1.11. The third kappa shape index (κ3) is 4.49. The van der Waals surface area contributed by atoms with Crippen LogP contribution in [0.2, 0.25) is 0 Å². The van der Waals surface area contributed by atoms with Gasteiger partial charge in [-0.25, -0.2) is 9.97 Å². The van der Waals surface area contributed by atoms with Gasteiger partial charge in [-0.05, 0) is 24.3 Å². The molecule has 0 fully saturated rings. The molecule has 0 aliphatic rings. The Morgan fingerprint density at radius 2 is 2.00 bits per heavy atom. The van der Waals surface area contributed by atoms with E-state index in [2.05, 4.69) is 38.0 Å². The number of benzene rings is 1. The molecule has 2 rings (SSSR count). The van der Waals surface area contributed by atoms with Crippen LogP contribution >= 0.6 is 27.7 Å². The third-order valence-corrected chi connectivity index (χ3v) is 3.86. The van der Waals surface area contributed by atoms with Gasteiger partial charge in [-0.3, -0.25) is 0 Å². The number of hydrogen-bond donors (Lipinski definition) is 1. The van der Waals surface area contributed by atoms with Crippen molar-refractivity contribution in [3.8, 4) is 0 Å². The molecule has 0 amide bonds. The van der Waals surface area contributed by atoms with Gasteiger partial charge in [-0.2, -0.15) is 0 Å². The predicted octanol–water partition coefficient (Wildman–Crippen LogP) is 3.26. The van der Waals surface area contributed by atoms with E-state index in [0.29, 0.717) is 18.2 Å². The van der Waals surface area contributed by atoms with Crippen molar-refractivity contribution >= 4 is 33.5 Å². The van der Waals surface area contributed by atoms with Crippen molar-refractivity contribution in [2.45, 2.75) is 17.3 Å². The minimum atomic E-state index is 0.447. The molecular formula is C13H14BrN3OS. The molecule has 6 heteroatoms. The number of halogens is 1. The van der Waals surface area contributed by atoms with Crippen LogP contribution in [0.1, 0.15) is 11.5 Å². The lowest BCUT2D eigenvalue weighted by molar-refractivity contribution is 0.181. The standard InChI is InChI=1S/C13H14BrN3OS/c1-18-7-10-6-12(15)17-13(16-10)8-19-11-4-2-9(14)3-5-11/h2-6H,7-8H2,1H3,(H2,15,16,17). The van der Waals surface area contributed by atoms with Gasteiger partial charge in [0.25, 0.3) is 0 Å². The van der Waals surface area contributed by atoms with E-state index in [1.165, 1.54) is 4.90 Å². The lowest BCUT2D eigenvalue weighted by Crippen LogP contribution is -2.03. The summed E-state index contributed by atoms with van der Waals surface area (Å²) < 4.78 is 6.12. The third-order valence-electron chi connectivity index (χ3n) is 2.32. The van der Waals surface area contributed by atoms with Crippen LogP contribution in [0.15, 0.2) is 39.7 Å². The fourth-order valence-electron chi connectivity index (χ4n) is 1.54. The Kier molecular flexibility index (Phi) is 5.18. The van der Waals surface area contributed by atoms with E-state index in [4.69, 9.17) is 10.5 Å². The molecule has 0 aliphatic carbocycles. The Balaban J connectivity index is 2.04. The molecule has 1 heterocycles. The van der Waals surface area contributed by atoms with Crippen LogP contribution in [-0.2, 0) is 17.1 Å². The number of nitrogen functional groups attached to an aromatic ring is 1. The summed E-state index contributed by atoms with van der Waals surface area (Å²) in [6, 6.07) is 9.86. The van der Waals surface area contributed by atoms with Crippen molar-refractivity contribution in [3.63, 3.8) is 0 Å². The summed E-state index contributed by atoms with van der Waals surface area (Å²) in [6.45, 7) is 0.447. The van der Waals surface area contributed by atoms with Crippen LogP contribution in [0, 0.1) is 0 Å². The Bertz CT molecular complexity index is 548. The van der Waals surface area contributed by atoms with E-state index in [0.717, 1.165) is 16.0 Å². The quantitative estimate of drug-likeness (QED) is 0.847. The van der Waals surface area contributed by atoms with Gasteiger partial charge in [0.15, 0.2) is 0 Å². The van der Waals surface area contributed by atoms with Crippen molar-refractivity contribution in [2.75, 3.05) is 12.8 Å². The Labute approximate surface area is 124 Å². The molecule has 0 bridgehead atoms. The van der Waals surface area contributed by atoms with Crippen LogP contribution in [0.3, 0.4) is 0 Å². The van der Waals surface area contributed by atoms with E-state index in [1.807, 2.05) is 12.1 Å². The molecule has 0 radical (unpaired) electrons. The van der Waals surface area contributed by atoms with Gasteiger partial charge in [-0.1, -0.05) is 15.9 Å². The van der Waals surface area contributed by atoms with Crippen LogP contribution < -0.4 is 5.73 Å². The molecule has 0 atom stereocenters. The molecule has 19 heavy (non-hydrogen) atoms. The average molecular weight is 340 g/mol. The molecule has 0 spiro atoms. The zero-order valence-electron chi connectivity index (χ0n) is 10.5. The van der Waals surface area contributed by atoms with Gasteiger partial charge in [0.1, 0.15) is 11.6 Å². The molecule has 0 aliphatic heterocycles. The largest absolute Gasteiger partial charge is 0.384 e. The van der Waals surface area contributed by atoms with Crippen molar-refractivity contribution in [1.29, 1.82) is 0 Å². The van der Waals surface area contributed by atoms with Gasteiger partial charge in [-0.15, -0.1) is 11.8 Å². The van der Waals surface area contributed by atoms with Crippen LogP contribution in [-0.4, -0.2) is 17.1 Å². The topological polar surface area (TPSA) is 61.0 Å². The van der Waals surface area contributed by atoms with E-state index in [-0.39, 0.29) is 0 Å². The molecule has 100 valence electrons. The maximum Gasteiger partial charge on any atom is 0.141 e. The number of rotatable bonds is 5. The van der Waals surface area contributed by atoms with Gasteiger partial charge in [0, 0.05) is 22.5 Å². The SMILES string of the molecule is COCc1cc(N)nc(CSc2ccc(Br)cc2)n1. The van der Waals surface area contributed by atoms with Crippen molar-refractivity contribution in [1.82, 2.24) is 9.97 Å². The molecule has 1 aromatic heterocycles. The summed E-state index contributed by atoms with van der Waals surface area (Å²) in [4.78, 5) is 9.81. The molecule has 0 unspecified atom stereocenters. The first-order chi connectivity index (χ1) is 9.17. The Morgan fingerprint density at radius 1 is 1.26 bits per heavy atom. The van der Waals surface area contributed by atoms with E-state index >= 15 is 0 Å². The molecule has 0 saturated carbocycles. The molecule has 4 nitrogen and oxygen atoms in total. The number of nitrogens with two attached hydrogens (primary N) is 1. The maximum atomic E-state index is 5.76. The van der Waals surface area contributed by atoms with Gasteiger partial charge in [0.2, 0.25) is 0 Å². The smallest absolute Gasteiger partial charge is 0.141 e. The Morgan fingerprint density at radius 3 is 2.68 bits per heavy atom. The second-order valence-electron chi connectivity index (χ2n) is 3.88. The van der Waals surface area contributed by atoms with Gasteiger partial charge >= 0.3 is 0 Å². The highest BCUT2D eigenvalue weighted by Crippen LogP contribution is 2.23. The van der Waals surface area contributed by atoms with Crippen molar-refractivity contribution < 1.29 is 4.74 Å². The molecule has 0 saturated heterocycles. The van der Waals surface area contributed by atoms with Gasteiger partial charge < -0.3 is 10.5 Å². The number of methoxy groups -OCH3 is 1. The second kappa shape index (κ2) is 6.88. The summed E-state index contributed by atoms with van der Waals surface area (Å²) in [5.74, 6) is 1.89. The normalized spacial score (nSPS) is 10.6. The fourth-order valence-corrected chi connectivity index (χ4v) is 2.56. The minimum absolute atomic E-state index is 0.447. The summed E-state index contributed by atoms with van der Waals surface area (Å²) >= 11 is 5.09. The van der Waals surface area contributed by atoms with Crippen molar-refractivity contribution in [2.24, 2.45) is 0 Å². The summed E-state index contributed by atoms with van der Waals surface area (Å²) in [5, 5.41) is 0. The monoisotopic (exact) mass is 339 g/mol. The summed E-state index contributed by atoms with van der Waals surface area (Å²) in [7, 11) is 1.63. The zero-order valence-corrected chi connectivity index (χ0v) is 12.9. The highest BCUT2D eigenvalue weighted by Gasteiger charge is 2.04. The second-order valence-corrected chi connectivity index (χ2v) is 5.84. The maximum absolute atomic E-state index is 5.76. The summed E-state index contributed by atoms with van der Waals surface area (Å²) in [6.07, 6.45) is 0. The lowest BCUT2D eigenvalue weighted by Gasteiger charge is -2.05. The van der Waals surface area contributed by atoms with Crippen LogP contribution in [0.5, 0.6) is 0 Å². The van der Waals surface area contributed by atoms with E-state index < -0.39 is 0 Å². The van der Waals surface area contributed by atoms with Crippen LogP contribution in [0.25, 0.3) is 0 Å². The predicted molar refractivity (Wildman–Crippen MR) is 80.9 cm³/mol. The number of aromatic nitrogens is 2. The number of nitrogens with zero attached hydrogens (tertiary/aromatic N) is 2. The summed E-state index contributed by atoms with van der Waals surface area (Å²) in [5.41, 5.74) is 6.56. The molecule has 2 N–H and O–H groups in total. The molecular weight excluding hydrogens is 326 g/mol. The number of hydrogen-bond acceptors (Lipinski definition) is 5. The highest BCUT2D eigenvalue weighted by molar-refractivity contribution is 9.10. The molecule has 1 aromatic carbocycles. The lowest BCUT2D eigenvalue weighted by atomic mass is 10.4. The first-order valence-electron chi connectivity index (χ1n) is 5.67. The van der Waals surface area contributed by atoms with E-state index in [9.17, 15) is 0 Å². The first kappa shape index (κ1) is 14.3. The number of anilines is 1. The number of ether oxygens (including phenoxy) is 1. The zero-order chi connectivity index (χ0) is 13.7. The fraction of sp³-hybridized carbons (Fsp3) is 0.231. The average Bonchev–Trinajstić information content (AvgIpc) is 2.38. The van der Waals surface area contributed by atoms with Crippen LogP contribution in [0.4, 0.5) is 5.82 Å². The highest BCUT2D eigenvalue weighted by atomic mass is 79.9. The number of thioether (sulfide) groups is 1.